The first-order chi connectivity index (χ1) is 37.5. The van der Waals surface area contributed by atoms with E-state index in [1.165, 1.54) is 218 Å². The van der Waals surface area contributed by atoms with Crippen LogP contribution in [0.4, 0.5) is 0 Å². The second-order valence-electron chi connectivity index (χ2n) is 22.4. The molecule has 442 valence electrons. The number of carbonyl (C=O) groups is 3. The molecule has 0 radical (unpaired) electrons. The summed E-state index contributed by atoms with van der Waals surface area (Å²) in [6.45, 7) is 6.49. The summed E-state index contributed by atoms with van der Waals surface area (Å²) in [4.78, 5) is 38.0. The third kappa shape index (κ3) is 62.0. The van der Waals surface area contributed by atoms with E-state index in [0.717, 1.165) is 89.9 Å². The predicted molar refractivity (Wildman–Crippen MR) is 330 cm³/mol. The van der Waals surface area contributed by atoms with Gasteiger partial charge >= 0.3 is 17.9 Å². The lowest BCUT2D eigenvalue weighted by molar-refractivity contribution is -0.167. The van der Waals surface area contributed by atoms with Crippen LogP contribution < -0.4 is 0 Å². The van der Waals surface area contributed by atoms with Crippen LogP contribution in [0.1, 0.15) is 348 Å². The van der Waals surface area contributed by atoms with Crippen molar-refractivity contribution >= 4 is 17.9 Å². The van der Waals surface area contributed by atoms with Crippen LogP contribution in [0.5, 0.6) is 0 Å². The summed E-state index contributed by atoms with van der Waals surface area (Å²) in [6.07, 6.45) is 83.0. The van der Waals surface area contributed by atoms with Gasteiger partial charge in [0.2, 0.25) is 0 Å². The normalized spacial score (nSPS) is 12.4. The molecule has 1 unspecified atom stereocenters. The highest BCUT2D eigenvalue weighted by molar-refractivity contribution is 5.71. The van der Waals surface area contributed by atoms with Gasteiger partial charge in [-0.1, -0.05) is 306 Å². The molecule has 0 aromatic rings. The average Bonchev–Trinajstić information content (AvgIpc) is 3.42. The fourth-order valence-corrected chi connectivity index (χ4v) is 9.79. The summed E-state index contributed by atoms with van der Waals surface area (Å²) in [5, 5.41) is 0. The van der Waals surface area contributed by atoms with Crippen molar-refractivity contribution in [3.05, 3.63) is 60.8 Å². The molecule has 6 heteroatoms. The molecular formula is C70H126O6. The molecule has 0 aromatic heterocycles. The van der Waals surface area contributed by atoms with Gasteiger partial charge < -0.3 is 14.2 Å². The van der Waals surface area contributed by atoms with Gasteiger partial charge in [0.1, 0.15) is 13.2 Å². The third-order valence-corrected chi connectivity index (χ3v) is 14.8. The number of ether oxygens (including phenoxy) is 3. The molecule has 0 amide bonds. The minimum absolute atomic E-state index is 0.0744. The summed E-state index contributed by atoms with van der Waals surface area (Å²) in [5.41, 5.74) is 0. The molecule has 1 atom stereocenters. The van der Waals surface area contributed by atoms with E-state index in [9.17, 15) is 14.4 Å². The molecule has 6 nitrogen and oxygen atoms in total. The molecule has 76 heavy (non-hydrogen) atoms. The fraction of sp³-hybridized carbons (Fsp3) is 0.814. The highest BCUT2D eigenvalue weighted by atomic mass is 16.6. The molecule has 0 bridgehead atoms. The van der Waals surface area contributed by atoms with Crippen molar-refractivity contribution in [1.29, 1.82) is 0 Å². The summed E-state index contributed by atoms with van der Waals surface area (Å²) < 4.78 is 16.8. The van der Waals surface area contributed by atoms with Crippen LogP contribution in [0.25, 0.3) is 0 Å². The zero-order valence-corrected chi connectivity index (χ0v) is 50.8. The summed E-state index contributed by atoms with van der Waals surface area (Å²) in [6, 6.07) is 0. The zero-order chi connectivity index (χ0) is 55.0. The van der Waals surface area contributed by atoms with Crippen LogP contribution >= 0.6 is 0 Å². The van der Waals surface area contributed by atoms with Gasteiger partial charge in [0.25, 0.3) is 0 Å². The van der Waals surface area contributed by atoms with Gasteiger partial charge in [0.15, 0.2) is 6.10 Å². The molecule has 0 heterocycles. The van der Waals surface area contributed by atoms with Gasteiger partial charge in [-0.3, -0.25) is 14.4 Å². The standard InChI is InChI=1S/C70H126O6/c1-4-7-10-13-16-18-20-22-24-26-27-28-29-30-31-32-33-34-35-36-37-38-39-40-41-42-43-45-46-48-50-52-54-57-60-63-69(72)75-66-67(65-74-68(71)62-59-56-15-12-9-6-3)76-70(73)64-61-58-55-53-51-49-47-44-25-23-21-19-17-14-11-8-5-2/h8,11,17,19-20,22-23,25-27,67H,4-7,9-10,12-16,18,21,24,28-66H2,1-3H3/b11-8-,19-17-,22-20-,25-23-,27-26-. The maximum absolute atomic E-state index is 12.8. The number of rotatable bonds is 61. The molecule has 0 saturated heterocycles. The summed E-state index contributed by atoms with van der Waals surface area (Å²) in [7, 11) is 0. The van der Waals surface area contributed by atoms with Crippen molar-refractivity contribution in [2.75, 3.05) is 13.2 Å². The summed E-state index contributed by atoms with van der Waals surface area (Å²) >= 11 is 0. The van der Waals surface area contributed by atoms with Gasteiger partial charge in [-0.2, -0.15) is 0 Å². The molecule has 0 N–H and O–H groups in total. The Morgan fingerprint density at radius 3 is 0.803 bits per heavy atom. The number of hydrogen-bond acceptors (Lipinski definition) is 6. The van der Waals surface area contributed by atoms with E-state index in [0.29, 0.717) is 19.3 Å². The van der Waals surface area contributed by atoms with E-state index in [4.69, 9.17) is 14.2 Å². The van der Waals surface area contributed by atoms with E-state index in [1.807, 2.05) is 0 Å². The Kier molecular flexibility index (Phi) is 62.2. The quantitative estimate of drug-likeness (QED) is 0.0261. The minimum atomic E-state index is -0.774. The molecule has 0 aliphatic carbocycles. The SMILES string of the molecule is CC/C=C\C/C=C\C/C=C\CCCCCCCCCC(=O)OC(COC(=O)CCCCCCCC)COC(=O)CCCCCCCCCCCCCCCCCCCCCCCCC/C=C\C/C=C\CCCCCCC. The first-order valence-corrected chi connectivity index (χ1v) is 33.3. The Morgan fingerprint density at radius 2 is 0.513 bits per heavy atom. The van der Waals surface area contributed by atoms with Crippen LogP contribution in [0, 0.1) is 0 Å². The van der Waals surface area contributed by atoms with Crippen molar-refractivity contribution in [3.8, 4) is 0 Å². The first kappa shape index (κ1) is 73.1. The number of unbranched alkanes of at least 4 members (excludes halogenated alkanes) is 40. The largest absolute Gasteiger partial charge is 0.462 e. The van der Waals surface area contributed by atoms with E-state index in [1.54, 1.807) is 0 Å². The lowest BCUT2D eigenvalue weighted by Crippen LogP contribution is -2.30. The first-order valence-electron chi connectivity index (χ1n) is 33.3. The number of carbonyl (C=O) groups excluding carboxylic acids is 3. The monoisotopic (exact) mass is 1060 g/mol. The van der Waals surface area contributed by atoms with Gasteiger partial charge in [0.05, 0.1) is 0 Å². The van der Waals surface area contributed by atoms with Crippen LogP contribution in [0.15, 0.2) is 60.8 Å². The zero-order valence-electron chi connectivity index (χ0n) is 50.8. The smallest absolute Gasteiger partial charge is 0.306 e. The Balaban J connectivity index is 3.91. The average molecular weight is 1060 g/mol. The highest BCUT2D eigenvalue weighted by Gasteiger charge is 2.19. The summed E-state index contributed by atoms with van der Waals surface area (Å²) in [5.74, 6) is -0.879. The second kappa shape index (κ2) is 64.6. The molecule has 0 aromatic carbocycles. The number of allylic oxidation sites excluding steroid dienone is 10. The molecular weight excluding hydrogens is 937 g/mol. The maximum Gasteiger partial charge on any atom is 0.306 e. The van der Waals surface area contributed by atoms with Gasteiger partial charge in [-0.15, -0.1) is 0 Å². The maximum atomic E-state index is 12.8. The highest BCUT2D eigenvalue weighted by Crippen LogP contribution is 2.18. The lowest BCUT2D eigenvalue weighted by atomic mass is 10.0. The van der Waals surface area contributed by atoms with Gasteiger partial charge in [-0.05, 0) is 83.5 Å². The third-order valence-electron chi connectivity index (χ3n) is 14.8. The van der Waals surface area contributed by atoms with E-state index < -0.39 is 6.10 Å². The Bertz CT molecular complexity index is 1360. The lowest BCUT2D eigenvalue weighted by Gasteiger charge is -2.18. The predicted octanol–water partition coefficient (Wildman–Crippen LogP) is 22.7. The molecule has 0 rings (SSSR count). The van der Waals surface area contributed by atoms with E-state index in [-0.39, 0.29) is 31.1 Å². The van der Waals surface area contributed by atoms with Gasteiger partial charge in [0, 0.05) is 19.3 Å². The van der Waals surface area contributed by atoms with Crippen molar-refractivity contribution < 1.29 is 28.6 Å². The molecule has 0 fully saturated rings. The second-order valence-corrected chi connectivity index (χ2v) is 22.4. The number of hydrogen-bond donors (Lipinski definition) is 0. The minimum Gasteiger partial charge on any atom is -0.462 e. The Morgan fingerprint density at radius 1 is 0.276 bits per heavy atom. The van der Waals surface area contributed by atoms with Crippen molar-refractivity contribution in [2.24, 2.45) is 0 Å². The van der Waals surface area contributed by atoms with E-state index in [2.05, 4.69) is 81.5 Å². The van der Waals surface area contributed by atoms with Crippen LogP contribution in [0.3, 0.4) is 0 Å². The van der Waals surface area contributed by atoms with E-state index >= 15 is 0 Å². The fourth-order valence-electron chi connectivity index (χ4n) is 9.79. The van der Waals surface area contributed by atoms with Crippen LogP contribution in [0.2, 0.25) is 0 Å². The Hall–Kier alpha value is -2.89. The number of esters is 3. The van der Waals surface area contributed by atoms with Crippen LogP contribution in [-0.4, -0.2) is 37.2 Å². The van der Waals surface area contributed by atoms with Crippen LogP contribution in [-0.2, 0) is 28.6 Å². The Labute approximate surface area is 472 Å². The molecule has 0 saturated carbocycles. The van der Waals surface area contributed by atoms with Crippen molar-refractivity contribution in [3.63, 3.8) is 0 Å². The molecule has 0 spiro atoms. The molecule has 0 aliphatic rings. The van der Waals surface area contributed by atoms with Gasteiger partial charge in [-0.25, -0.2) is 0 Å². The molecule has 0 aliphatic heterocycles. The topological polar surface area (TPSA) is 78.9 Å². The van der Waals surface area contributed by atoms with Crippen molar-refractivity contribution in [2.45, 2.75) is 354 Å². The van der Waals surface area contributed by atoms with Crippen molar-refractivity contribution in [1.82, 2.24) is 0 Å².